The average molecular weight is 658 g/mol. The smallest absolute Gasteiger partial charge is 0.319 e. The monoisotopic (exact) mass is 657 g/mol. The number of benzene rings is 2. The number of carbonyl (C=O) groups excluding carboxylic acids is 1. The van der Waals surface area contributed by atoms with Crippen molar-refractivity contribution in [3.63, 3.8) is 0 Å². The van der Waals surface area contributed by atoms with Gasteiger partial charge in [-0.05, 0) is 82.1 Å². The number of carbonyl (C=O) groups is 1. The number of ether oxygens (including phenoxy) is 4. The molecule has 3 aliphatic heterocycles. The van der Waals surface area contributed by atoms with Crippen molar-refractivity contribution in [1.29, 1.82) is 0 Å². The summed E-state index contributed by atoms with van der Waals surface area (Å²) in [6, 6.07) is 8.39. The van der Waals surface area contributed by atoms with E-state index in [4.69, 9.17) is 30.5 Å². The van der Waals surface area contributed by atoms with Gasteiger partial charge in [0.05, 0.1) is 44.2 Å². The Morgan fingerprint density at radius 3 is 2.48 bits per heavy atom. The Labute approximate surface area is 279 Å². The van der Waals surface area contributed by atoms with Crippen LogP contribution in [0.3, 0.4) is 0 Å². The number of hydrogen-bond acceptors (Lipinski definition) is 8. The summed E-state index contributed by atoms with van der Waals surface area (Å²) >= 11 is 6.34. The van der Waals surface area contributed by atoms with E-state index in [-0.39, 0.29) is 6.03 Å². The summed E-state index contributed by atoms with van der Waals surface area (Å²) < 4.78 is 22.5. The van der Waals surface area contributed by atoms with Gasteiger partial charge in [-0.1, -0.05) is 45.7 Å². The van der Waals surface area contributed by atoms with Crippen LogP contribution in [-0.2, 0) is 11.3 Å². The quantitative estimate of drug-likeness (QED) is 0.303. The van der Waals surface area contributed by atoms with Crippen LogP contribution in [0, 0.1) is 5.41 Å². The van der Waals surface area contributed by atoms with E-state index in [0.29, 0.717) is 59.0 Å². The maximum absolute atomic E-state index is 11.9. The van der Waals surface area contributed by atoms with E-state index in [9.17, 15) is 4.79 Å². The summed E-state index contributed by atoms with van der Waals surface area (Å²) in [5, 5.41) is 5.79. The first-order chi connectivity index (χ1) is 22.3. The summed E-state index contributed by atoms with van der Waals surface area (Å²) in [6.07, 6.45) is 7.68. The van der Waals surface area contributed by atoms with Gasteiger partial charge in [0.2, 0.25) is 5.90 Å². The number of hydrogen-bond donors (Lipinski definition) is 2. The predicted octanol–water partition coefficient (Wildman–Crippen LogP) is 7.57. The average Bonchev–Trinajstić information content (AvgIpc) is 3.38. The van der Waals surface area contributed by atoms with Crippen LogP contribution in [0.4, 0.5) is 10.5 Å². The Morgan fingerprint density at radius 1 is 1.07 bits per heavy atom. The third kappa shape index (κ3) is 10.9. The molecule has 1 spiro atoms. The summed E-state index contributed by atoms with van der Waals surface area (Å²) in [6.45, 7) is 17.8. The second-order valence-electron chi connectivity index (χ2n) is 11.6. The van der Waals surface area contributed by atoms with E-state index in [1.54, 1.807) is 25.3 Å². The second kappa shape index (κ2) is 19.4. The number of methoxy groups -OCH3 is 1. The van der Waals surface area contributed by atoms with Crippen molar-refractivity contribution >= 4 is 35.6 Å². The van der Waals surface area contributed by atoms with Crippen molar-refractivity contribution in [2.45, 2.75) is 73.3 Å². The van der Waals surface area contributed by atoms with Gasteiger partial charge in [0.25, 0.3) is 0 Å². The third-order valence-corrected chi connectivity index (χ3v) is 8.09. The van der Waals surface area contributed by atoms with Crippen LogP contribution in [0.25, 0.3) is 0 Å². The van der Waals surface area contributed by atoms with Gasteiger partial charge in [0.1, 0.15) is 12.1 Å². The molecule has 2 N–H and O–H groups in total. The second-order valence-corrected chi connectivity index (χ2v) is 12.0. The first kappa shape index (κ1) is 37.1. The summed E-state index contributed by atoms with van der Waals surface area (Å²) in [7, 11) is 1.58. The summed E-state index contributed by atoms with van der Waals surface area (Å²) in [5.74, 6) is 2.04. The van der Waals surface area contributed by atoms with E-state index in [2.05, 4.69) is 46.3 Å². The SMILES string of the molecule is CCC.CCCNC(=O)Nc1ccc(OC2=NC=NCc3cc(OCC)c(OC)cc32)cc1Cl.CCN1CCCC2(CC1)COC2. The van der Waals surface area contributed by atoms with Crippen molar-refractivity contribution in [2.24, 2.45) is 15.4 Å². The van der Waals surface area contributed by atoms with Crippen LogP contribution in [0.5, 0.6) is 17.2 Å². The van der Waals surface area contributed by atoms with Crippen molar-refractivity contribution in [3.8, 4) is 17.2 Å². The maximum Gasteiger partial charge on any atom is 0.319 e. The normalized spacial score (nSPS) is 16.5. The van der Waals surface area contributed by atoms with Crippen LogP contribution in [-0.4, -0.2) is 76.3 Å². The Hall–Kier alpha value is -3.34. The molecule has 0 aromatic heterocycles. The maximum atomic E-state index is 11.9. The van der Waals surface area contributed by atoms with Crippen LogP contribution in [0.1, 0.15) is 77.8 Å². The fourth-order valence-corrected chi connectivity index (χ4v) is 5.44. The van der Waals surface area contributed by atoms with Crippen molar-refractivity contribution < 1.29 is 23.7 Å². The number of rotatable bonds is 8. The van der Waals surface area contributed by atoms with E-state index >= 15 is 0 Å². The molecule has 0 aliphatic carbocycles. The van der Waals surface area contributed by atoms with Crippen LogP contribution < -0.4 is 24.8 Å². The Bertz CT molecular complexity index is 1310. The molecule has 0 radical (unpaired) electrons. The number of fused-ring (bicyclic) bond motifs is 1. The van der Waals surface area contributed by atoms with Gasteiger partial charge in [-0.25, -0.2) is 9.79 Å². The fourth-order valence-electron chi connectivity index (χ4n) is 5.23. The molecule has 46 heavy (non-hydrogen) atoms. The largest absolute Gasteiger partial charge is 0.493 e. The van der Waals surface area contributed by atoms with Crippen molar-refractivity contribution in [3.05, 3.63) is 46.5 Å². The molecule has 2 aromatic carbocycles. The molecule has 254 valence electrons. The number of nitrogens with zero attached hydrogens (tertiary/aromatic N) is 3. The molecule has 2 amide bonds. The topological polar surface area (TPSA) is 106 Å². The molecule has 5 rings (SSSR count). The molecule has 11 heteroatoms. The lowest BCUT2D eigenvalue weighted by molar-refractivity contribution is -0.119. The molecule has 2 fully saturated rings. The number of amides is 2. The third-order valence-electron chi connectivity index (χ3n) is 7.78. The van der Waals surface area contributed by atoms with Crippen molar-refractivity contribution in [2.75, 3.05) is 58.4 Å². The Balaban J connectivity index is 0.000000315. The fraction of sp³-hybridized carbons (Fsp3) is 0.571. The minimum atomic E-state index is -0.312. The summed E-state index contributed by atoms with van der Waals surface area (Å²) in [5.41, 5.74) is 2.73. The Kier molecular flexibility index (Phi) is 15.6. The van der Waals surface area contributed by atoms with E-state index < -0.39 is 0 Å². The molecule has 3 heterocycles. The minimum absolute atomic E-state index is 0.312. The first-order valence-electron chi connectivity index (χ1n) is 16.5. The number of urea groups is 1. The number of aliphatic imine (C=N–C) groups is 2. The van der Waals surface area contributed by atoms with Gasteiger partial charge in [-0.2, -0.15) is 0 Å². The van der Waals surface area contributed by atoms with Crippen molar-refractivity contribution in [1.82, 2.24) is 10.2 Å². The highest BCUT2D eigenvalue weighted by Gasteiger charge is 2.39. The zero-order chi connectivity index (χ0) is 33.4. The van der Waals surface area contributed by atoms with Crippen LogP contribution in [0.2, 0.25) is 5.02 Å². The lowest BCUT2D eigenvalue weighted by Crippen LogP contribution is -2.43. The van der Waals surface area contributed by atoms with Gasteiger partial charge in [0, 0.05) is 23.6 Å². The molecule has 2 aromatic rings. The highest BCUT2D eigenvalue weighted by atomic mass is 35.5. The van der Waals surface area contributed by atoms with Gasteiger partial charge < -0.3 is 34.5 Å². The number of anilines is 1. The molecule has 10 nitrogen and oxygen atoms in total. The highest BCUT2D eigenvalue weighted by molar-refractivity contribution is 6.33. The van der Waals surface area contributed by atoms with E-state index in [0.717, 1.165) is 30.8 Å². The van der Waals surface area contributed by atoms with E-state index in [1.165, 1.54) is 51.7 Å². The molecular formula is C35H52ClN5O5. The molecule has 2 saturated heterocycles. The molecular weight excluding hydrogens is 606 g/mol. The number of nitrogens with one attached hydrogen (secondary N) is 2. The Morgan fingerprint density at radius 2 is 1.85 bits per heavy atom. The molecule has 0 atom stereocenters. The zero-order valence-corrected chi connectivity index (χ0v) is 29.2. The van der Waals surface area contributed by atoms with Crippen LogP contribution in [0.15, 0.2) is 40.3 Å². The standard InChI is InChI=1S/C22H25ClN4O4.C10H19NO.C3H8/c1-4-8-25-22(28)27-18-7-6-15(10-17(18)23)31-21-16-11-19(29-3)20(30-5-2)9-14(16)12-24-13-26-21;1-2-11-6-3-4-10(5-7-11)8-12-9-10;1-3-2/h6-7,9-11,13H,4-5,8,12H2,1-3H3,(H2,25,27,28);2-9H2,1H3;3H2,1-2H3. The molecule has 0 bridgehead atoms. The summed E-state index contributed by atoms with van der Waals surface area (Å²) in [4.78, 5) is 23.0. The minimum Gasteiger partial charge on any atom is -0.493 e. The first-order valence-corrected chi connectivity index (χ1v) is 16.9. The zero-order valence-electron chi connectivity index (χ0n) is 28.4. The van der Waals surface area contributed by atoms with Crippen LogP contribution >= 0.6 is 11.6 Å². The number of likely N-dealkylation sites (tertiary alicyclic amines) is 1. The van der Waals surface area contributed by atoms with Gasteiger partial charge >= 0.3 is 6.03 Å². The molecule has 0 saturated carbocycles. The predicted molar refractivity (Wildman–Crippen MR) is 187 cm³/mol. The molecule has 3 aliphatic rings. The molecule has 0 unspecified atom stereocenters. The van der Waals surface area contributed by atoms with E-state index in [1.807, 2.05) is 26.0 Å². The van der Waals surface area contributed by atoms with Gasteiger partial charge in [-0.15, -0.1) is 0 Å². The van der Waals surface area contributed by atoms with Gasteiger partial charge in [0.15, 0.2) is 11.5 Å². The highest BCUT2D eigenvalue weighted by Crippen LogP contribution is 2.38. The lowest BCUT2D eigenvalue weighted by Gasteiger charge is -2.40. The lowest BCUT2D eigenvalue weighted by atomic mass is 9.79. The number of halogens is 1. The van der Waals surface area contributed by atoms with Gasteiger partial charge in [-0.3, -0.25) is 4.99 Å².